The molecule has 1 aliphatic carbocycles. The third kappa shape index (κ3) is 4.08. The fraction of sp³-hybridized carbons (Fsp3) is 0.588. The van der Waals surface area contributed by atoms with Gasteiger partial charge in [-0.05, 0) is 72.2 Å². The van der Waals surface area contributed by atoms with E-state index in [2.05, 4.69) is 28.2 Å². The monoisotopic (exact) mass is 337 g/mol. The molecule has 0 radical (unpaired) electrons. The average Bonchev–Trinajstić information content (AvgIpc) is 2.41. The Morgan fingerprint density at radius 3 is 2.60 bits per heavy atom. The number of aryl methyl sites for hydroxylation is 1. The van der Waals surface area contributed by atoms with Gasteiger partial charge in [-0.15, -0.1) is 0 Å². The molecular formula is C17H24BrNO. The number of carbonyl (C=O) groups excluding carboxylic acids is 1. The maximum Gasteiger partial charge on any atom is 0.252 e. The van der Waals surface area contributed by atoms with Crippen molar-refractivity contribution in [2.45, 2.75) is 58.4 Å². The standard InChI is InChI=1S/C17H24BrNO/c1-3-4-13-6-8-14(9-7-13)19-17(20)15-10-5-12(2)11-16(15)18/h5,10-11,13-14H,3-4,6-9H2,1-2H3,(H,19,20). The van der Waals surface area contributed by atoms with Crippen molar-refractivity contribution in [2.24, 2.45) is 5.92 Å². The molecule has 0 atom stereocenters. The molecule has 0 aliphatic heterocycles. The highest BCUT2D eigenvalue weighted by molar-refractivity contribution is 9.10. The quantitative estimate of drug-likeness (QED) is 0.836. The van der Waals surface area contributed by atoms with Crippen molar-refractivity contribution < 1.29 is 4.79 Å². The molecule has 2 nitrogen and oxygen atoms in total. The Hall–Kier alpha value is -0.830. The first-order chi connectivity index (χ1) is 9.60. The van der Waals surface area contributed by atoms with Gasteiger partial charge in [-0.1, -0.05) is 25.8 Å². The van der Waals surface area contributed by atoms with E-state index < -0.39 is 0 Å². The van der Waals surface area contributed by atoms with Gasteiger partial charge in [-0.2, -0.15) is 0 Å². The smallest absolute Gasteiger partial charge is 0.252 e. The molecule has 0 unspecified atom stereocenters. The van der Waals surface area contributed by atoms with Crippen molar-refractivity contribution in [3.05, 3.63) is 33.8 Å². The SMILES string of the molecule is CCCC1CCC(NC(=O)c2ccc(C)cc2Br)CC1. The Balaban J connectivity index is 1.89. The summed E-state index contributed by atoms with van der Waals surface area (Å²) in [6.07, 6.45) is 7.38. The summed E-state index contributed by atoms with van der Waals surface area (Å²) in [7, 11) is 0. The van der Waals surface area contributed by atoms with Crippen LogP contribution in [0.15, 0.2) is 22.7 Å². The minimum atomic E-state index is 0.0517. The minimum Gasteiger partial charge on any atom is -0.349 e. The molecule has 110 valence electrons. The van der Waals surface area contributed by atoms with E-state index in [1.165, 1.54) is 25.7 Å². The molecule has 1 aromatic rings. The van der Waals surface area contributed by atoms with Crippen LogP contribution >= 0.6 is 15.9 Å². The molecule has 1 fully saturated rings. The molecule has 1 N–H and O–H groups in total. The molecule has 0 aromatic heterocycles. The second-order valence-corrected chi connectivity index (χ2v) is 6.82. The molecule has 0 spiro atoms. The number of benzene rings is 1. The van der Waals surface area contributed by atoms with Crippen molar-refractivity contribution in [3.8, 4) is 0 Å². The third-order valence-electron chi connectivity index (χ3n) is 4.25. The van der Waals surface area contributed by atoms with E-state index in [-0.39, 0.29) is 5.91 Å². The van der Waals surface area contributed by atoms with Crippen LogP contribution in [0.4, 0.5) is 0 Å². The van der Waals surface area contributed by atoms with Gasteiger partial charge >= 0.3 is 0 Å². The van der Waals surface area contributed by atoms with Crippen LogP contribution < -0.4 is 5.32 Å². The first-order valence-corrected chi connectivity index (χ1v) is 8.46. The molecule has 20 heavy (non-hydrogen) atoms. The Bertz CT molecular complexity index is 464. The lowest BCUT2D eigenvalue weighted by molar-refractivity contribution is 0.0920. The maximum absolute atomic E-state index is 12.3. The van der Waals surface area contributed by atoms with E-state index >= 15 is 0 Å². The van der Waals surface area contributed by atoms with E-state index in [0.29, 0.717) is 6.04 Å². The summed E-state index contributed by atoms with van der Waals surface area (Å²) in [4.78, 5) is 12.3. The Morgan fingerprint density at radius 2 is 2.00 bits per heavy atom. The number of nitrogens with one attached hydrogen (secondary N) is 1. The topological polar surface area (TPSA) is 29.1 Å². The largest absolute Gasteiger partial charge is 0.349 e. The fourth-order valence-electron chi connectivity index (χ4n) is 3.07. The van der Waals surface area contributed by atoms with Crippen molar-refractivity contribution in [2.75, 3.05) is 0 Å². The minimum absolute atomic E-state index is 0.0517. The normalized spacial score (nSPS) is 22.6. The summed E-state index contributed by atoms with van der Waals surface area (Å²) < 4.78 is 0.884. The van der Waals surface area contributed by atoms with Gasteiger partial charge in [-0.3, -0.25) is 4.79 Å². The molecule has 1 aromatic carbocycles. The number of halogens is 1. The predicted molar refractivity (Wildman–Crippen MR) is 87.0 cm³/mol. The van der Waals surface area contributed by atoms with Crippen LogP contribution in [0.3, 0.4) is 0 Å². The maximum atomic E-state index is 12.3. The van der Waals surface area contributed by atoms with Crippen molar-refractivity contribution >= 4 is 21.8 Å². The number of rotatable bonds is 4. The van der Waals surface area contributed by atoms with E-state index in [9.17, 15) is 4.79 Å². The van der Waals surface area contributed by atoms with Crippen LogP contribution in [0, 0.1) is 12.8 Å². The van der Waals surface area contributed by atoms with Gasteiger partial charge in [0.15, 0.2) is 0 Å². The number of hydrogen-bond acceptors (Lipinski definition) is 1. The molecule has 0 saturated heterocycles. The van der Waals surface area contributed by atoms with Crippen LogP contribution in [0.1, 0.15) is 61.4 Å². The second kappa shape index (κ2) is 7.26. The molecule has 1 saturated carbocycles. The Labute approximate surface area is 130 Å². The zero-order valence-electron chi connectivity index (χ0n) is 12.4. The van der Waals surface area contributed by atoms with Crippen LogP contribution in [-0.2, 0) is 0 Å². The summed E-state index contributed by atoms with van der Waals surface area (Å²) in [6.45, 7) is 4.28. The second-order valence-electron chi connectivity index (χ2n) is 5.96. The van der Waals surface area contributed by atoms with Gasteiger partial charge in [0.25, 0.3) is 5.91 Å². The van der Waals surface area contributed by atoms with Crippen molar-refractivity contribution in [1.29, 1.82) is 0 Å². The van der Waals surface area contributed by atoms with Gasteiger partial charge in [0, 0.05) is 10.5 Å². The van der Waals surface area contributed by atoms with Gasteiger partial charge in [-0.25, -0.2) is 0 Å². The summed E-state index contributed by atoms with van der Waals surface area (Å²) in [5.41, 5.74) is 1.90. The Kier molecular flexibility index (Phi) is 5.64. The third-order valence-corrected chi connectivity index (χ3v) is 4.90. The molecule has 0 heterocycles. The van der Waals surface area contributed by atoms with Gasteiger partial charge in [0.1, 0.15) is 0 Å². The van der Waals surface area contributed by atoms with Crippen LogP contribution in [0.2, 0.25) is 0 Å². The summed E-state index contributed by atoms with van der Waals surface area (Å²) in [6, 6.07) is 6.23. The zero-order chi connectivity index (χ0) is 14.5. The molecular weight excluding hydrogens is 314 g/mol. The first kappa shape index (κ1) is 15.6. The van der Waals surface area contributed by atoms with Crippen LogP contribution in [0.25, 0.3) is 0 Å². The molecule has 1 aliphatic rings. The first-order valence-electron chi connectivity index (χ1n) is 7.67. The highest BCUT2D eigenvalue weighted by Gasteiger charge is 2.22. The van der Waals surface area contributed by atoms with Gasteiger partial charge in [0.2, 0.25) is 0 Å². The molecule has 1 amide bonds. The van der Waals surface area contributed by atoms with Crippen molar-refractivity contribution in [1.82, 2.24) is 5.32 Å². The van der Waals surface area contributed by atoms with Crippen LogP contribution in [-0.4, -0.2) is 11.9 Å². The van der Waals surface area contributed by atoms with E-state index in [4.69, 9.17) is 0 Å². The van der Waals surface area contributed by atoms with E-state index in [1.54, 1.807) is 0 Å². The summed E-state index contributed by atoms with van der Waals surface area (Å²) in [5.74, 6) is 0.926. The molecule has 0 bridgehead atoms. The van der Waals surface area contributed by atoms with Gasteiger partial charge in [0.05, 0.1) is 5.56 Å². The van der Waals surface area contributed by atoms with E-state index in [0.717, 1.165) is 34.4 Å². The summed E-state index contributed by atoms with van der Waals surface area (Å²) in [5, 5.41) is 3.19. The predicted octanol–water partition coefficient (Wildman–Crippen LogP) is 4.85. The number of carbonyl (C=O) groups is 1. The lowest BCUT2D eigenvalue weighted by atomic mass is 9.83. The fourth-order valence-corrected chi connectivity index (χ4v) is 3.74. The van der Waals surface area contributed by atoms with Gasteiger partial charge < -0.3 is 5.32 Å². The highest BCUT2D eigenvalue weighted by atomic mass is 79.9. The summed E-state index contributed by atoms with van der Waals surface area (Å²) >= 11 is 3.48. The zero-order valence-corrected chi connectivity index (χ0v) is 14.0. The Morgan fingerprint density at radius 1 is 1.30 bits per heavy atom. The molecule has 3 heteroatoms. The lowest BCUT2D eigenvalue weighted by Gasteiger charge is -2.29. The molecule has 2 rings (SSSR count). The van der Waals surface area contributed by atoms with E-state index in [1.807, 2.05) is 25.1 Å². The number of amides is 1. The lowest BCUT2D eigenvalue weighted by Crippen LogP contribution is -2.37. The average molecular weight is 338 g/mol. The number of hydrogen-bond donors (Lipinski definition) is 1. The highest BCUT2D eigenvalue weighted by Crippen LogP contribution is 2.28. The van der Waals surface area contributed by atoms with Crippen LogP contribution in [0.5, 0.6) is 0 Å². The van der Waals surface area contributed by atoms with Crippen molar-refractivity contribution in [3.63, 3.8) is 0 Å².